The topological polar surface area (TPSA) is 356 Å². The molecule has 1 aliphatic heterocycles. The molecule has 1 saturated heterocycles. The summed E-state index contributed by atoms with van der Waals surface area (Å²) in [6, 6.07) is 10.3. The average molecular weight is 1110 g/mol. The number of likely N-dealkylation sites (tertiary alicyclic amines) is 1. The van der Waals surface area contributed by atoms with Crippen molar-refractivity contribution in [2.75, 3.05) is 37.5 Å². The molecule has 1 aliphatic rings. The van der Waals surface area contributed by atoms with Crippen LogP contribution in [0.15, 0.2) is 72.8 Å². The number of carbonyl (C=O) groups is 8. The zero-order valence-electron chi connectivity index (χ0n) is 44.1. The number of benzene rings is 3. The Balaban J connectivity index is 1.59. The summed E-state index contributed by atoms with van der Waals surface area (Å²) in [5.74, 6) is -7.52. The minimum atomic E-state index is -4.48. The quantitative estimate of drug-likeness (QED) is 0.0425. The molecule has 0 spiro atoms. The molecule has 0 aliphatic carbocycles. The summed E-state index contributed by atoms with van der Waals surface area (Å²) in [5, 5.41) is 54.7. The van der Waals surface area contributed by atoms with Crippen LogP contribution < -0.4 is 37.6 Å². The maximum atomic E-state index is 14.6. The molecule has 13 N–H and O–H groups in total. The average Bonchev–Trinajstić information content (AvgIpc) is 3.87. The highest BCUT2D eigenvalue weighted by Crippen LogP contribution is 2.42. The number of amides is 7. The largest absolute Gasteiger partial charge is 0.508 e. The molecular weight excluding hydrogens is 1040 g/mol. The molecular formula is C53H75N8O14PS. The summed E-state index contributed by atoms with van der Waals surface area (Å²) in [5.41, 5.74) is 7.60. The van der Waals surface area contributed by atoms with Crippen LogP contribution in [0.3, 0.4) is 0 Å². The van der Waals surface area contributed by atoms with Crippen LogP contribution in [0.2, 0.25) is 0 Å². The van der Waals surface area contributed by atoms with Gasteiger partial charge in [0, 0.05) is 37.9 Å². The highest BCUT2D eigenvalue weighted by atomic mass is 32.2. The molecule has 77 heavy (non-hydrogen) atoms. The smallest absolute Gasteiger partial charge is 0.322 e. The van der Waals surface area contributed by atoms with Crippen LogP contribution in [0.5, 0.6) is 17.2 Å². The SMILES string of the molecule is CSCC[C@H](NC(=O)[C@@H](N)CC(C)C)C(=O)N[C@@H](Cc1ccc(O)cc1)C(=O)NCP(=O)(O)C[C@@H](CC(C)C)C(=O)N[C@@H](Cc1ccc(O)cc1)C(=O)N[C@@H](Cc1ccc(O)cc1)C(=O)N1CCC[C@H]1C(=O)NCC(=O)O. The van der Waals surface area contributed by atoms with Crippen molar-refractivity contribution in [3.63, 3.8) is 0 Å². The van der Waals surface area contributed by atoms with Crippen LogP contribution in [-0.4, -0.2) is 151 Å². The summed E-state index contributed by atoms with van der Waals surface area (Å²) in [6.07, 6.45) is 1.08. The molecule has 24 heteroatoms. The zero-order chi connectivity index (χ0) is 57.0. The van der Waals surface area contributed by atoms with Crippen molar-refractivity contribution in [1.82, 2.24) is 36.8 Å². The second-order valence-electron chi connectivity index (χ2n) is 20.2. The van der Waals surface area contributed by atoms with Gasteiger partial charge in [0.25, 0.3) is 0 Å². The van der Waals surface area contributed by atoms with Gasteiger partial charge >= 0.3 is 5.97 Å². The Morgan fingerprint density at radius 2 is 1.10 bits per heavy atom. The van der Waals surface area contributed by atoms with Crippen molar-refractivity contribution >= 4 is 66.5 Å². The highest BCUT2D eigenvalue weighted by Gasteiger charge is 2.40. The van der Waals surface area contributed by atoms with E-state index >= 15 is 0 Å². The van der Waals surface area contributed by atoms with E-state index in [0.29, 0.717) is 35.3 Å². The number of thioether (sulfide) groups is 1. The molecule has 0 saturated carbocycles. The fraction of sp³-hybridized carbons (Fsp3) is 0.509. The highest BCUT2D eigenvalue weighted by molar-refractivity contribution is 7.98. The minimum absolute atomic E-state index is 0.0453. The van der Waals surface area contributed by atoms with Crippen molar-refractivity contribution in [3.05, 3.63) is 89.5 Å². The Bertz CT molecular complexity index is 2540. The number of carboxylic acid groups (broad SMARTS) is 1. The summed E-state index contributed by atoms with van der Waals surface area (Å²) < 4.78 is 14.1. The van der Waals surface area contributed by atoms with E-state index in [0.717, 1.165) is 0 Å². The third kappa shape index (κ3) is 21.3. The fourth-order valence-corrected chi connectivity index (χ4v) is 10.8. The number of carbonyl (C=O) groups excluding carboxylic acids is 7. The Hall–Kier alpha value is -6.68. The fourth-order valence-electron chi connectivity index (χ4n) is 8.81. The predicted octanol–water partition coefficient (Wildman–Crippen LogP) is 2.10. The molecule has 1 heterocycles. The van der Waals surface area contributed by atoms with Crippen LogP contribution in [0.4, 0.5) is 0 Å². The third-order valence-corrected chi connectivity index (χ3v) is 15.0. The number of rotatable bonds is 30. The summed E-state index contributed by atoms with van der Waals surface area (Å²) in [4.78, 5) is 121. The number of hydrogen-bond acceptors (Lipinski definition) is 14. The molecule has 3 aromatic carbocycles. The van der Waals surface area contributed by atoms with E-state index in [4.69, 9.17) is 10.8 Å². The second-order valence-corrected chi connectivity index (χ2v) is 23.6. The first kappa shape index (κ1) is 62.9. The van der Waals surface area contributed by atoms with Gasteiger partial charge in [-0.3, -0.25) is 42.9 Å². The van der Waals surface area contributed by atoms with E-state index in [1.807, 2.05) is 20.1 Å². The van der Waals surface area contributed by atoms with E-state index in [-0.39, 0.29) is 74.2 Å². The maximum absolute atomic E-state index is 14.6. The monoisotopic (exact) mass is 1110 g/mol. The molecule has 22 nitrogen and oxygen atoms in total. The normalized spacial score (nSPS) is 16.4. The lowest BCUT2D eigenvalue weighted by Crippen LogP contribution is -2.58. The molecule has 1 unspecified atom stereocenters. The standard InChI is InChI=1S/C53H75N8O14PS/c1-31(2)23-36(29-76(74,75)30-56-49(69)42(25-33-8-14-37(62)15-9-33)59-50(70)41(20-22-77-5)57-48(68)40(54)24-32(3)4)47(67)58-43(26-34-10-16-38(63)17-11-34)51(71)60-44(27-35-12-18-39(64)19-13-35)53(73)61-21-6-7-45(61)52(72)55-28-46(65)66/h8-19,31-32,36,40-45,62-64H,6-7,20-30,54H2,1-5H3,(H,55,72)(H,56,69)(H,57,68)(H,58,67)(H,59,70)(H,60,71)(H,65,66)(H,74,75)/t36-,40+,41+,42+,43+,44+,45+/m1/s1. The van der Waals surface area contributed by atoms with Crippen molar-refractivity contribution in [2.24, 2.45) is 23.5 Å². The van der Waals surface area contributed by atoms with Crippen LogP contribution in [-0.2, 0) is 62.2 Å². The molecule has 7 amide bonds. The number of carboxylic acids is 1. The van der Waals surface area contributed by atoms with Crippen LogP contribution >= 0.6 is 19.1 Å². The summed E-state index contributed by atoms with van der Waals surface area (Å²) in [6.45, 7) is 6.79. The van der Waals surface area contributed by atoms with Gasteiger partial charge in [-0.2, -0.15) is 11.8 Å². The van der Waals surface area contributed by atoms with Gasteiger partial charge in [-0.1, -0.05) is 64.1 Å². The van der Waals surface area contributed by atoms with Gasteiger partial charge in [-0.05, 0) is 109 Å². The van der Waals surface area contributed by atoms with Gasteiger partial charge in [0.2, 0.25) is 48.7 Å². The Morgan fingerprint density at radius 1 is 0.649 bits per heavy atom. The number of aromatic hydroxyl groups is 3. The number of nitrogens with two attached hydrogens (primary N) is 1. The minimum Gasteiger partial charge on any atom is -0.508 e. The second kappa shape index (κ2) is 30.3. The molecule has 422 valence electrons. The summed E-state index contributed by atoms with van der Waals surface area (Å²) >= 11 is 1.43. The molecule has 0 aromatic heterocycles. The Kier molecular flexibility index (Phi) is 24.7. The summed E-state index contributed by atoms with van der Waals surface area (Å²) in [7, 11) is -4.48. The van der Waals surface area contributed by atoms with Gasteiger partial charge in [0.1, 0.15) is 54.0 Å². The molecule has 8 atom stereocenters. The lowest BCUT2D eigenvalue weighted by atomic mass is 9.96. The first-order valence-corrected chi connectivity index (χ1v) is 28.9. The molecule has 3 aromatic rings. The van der Waals surface area contributed by atoms with Crippen molar-refractivity contribution in [3.8, 4) is 17.2 Å². The lowest BCUT2D eigenvalue weighted by Gasteiger charge is -2.30. The maximum Gasteiger partial charge on any atom is 0.322 e. The number of nitrogens with one attached hydrogen (secondary N) is 6. The van der Waals surface area contributed by atoms with E-state index < -0.39 is 116 Å². The van der Waals surface area contributed by atoms with Gasteiger partial charge in [-0.15, -0.1) is 0 Å². The Labute approximate surface area is 452 Å². The number of phenolic OH excluding ortho intramolecular Hbond substituents is 3. The van der Waals surface area contributed by atoms with Gasteiger partial charge in [0.15, 0.2) is 0 Å². The van der Waals surface area contributed by atoms with Crippen LogP contribution in [0.1, 0.15) is 76.5 Å². The third-order valence-electron chi connectivity index (χ3n) is 12.7. The molecule has 0 radical (unpaired) electrons. The van der Waals surface area contributed by atoms with Crippen LogP contribution in [0.25, 0.3) is 0 Å². The van der Waals surface area contributed by atoms with Gasteiger partial charge in [0.05, 0.1) is 12.3 Å². The van der Waals surface area contributed by atoms with Crippen molar-refractivity contribution in [1.29, 1.82) is 0 Å². The molecule has 4 rings (SSSR count). The van der Waals surface area contributed by atoms with Gasteiger partial charge < -0.3 is 67.9 Å². The number of nitrogens with zero attached hydrogens (tertiary/aromatic N) is 1. The number of phenols is 3. The predicted molar refractivity (Wildman–Crippen MR) is 290 cm³/mol. The van der Waals surface area contributed by atoms with Crippen molar-refractivity contribution in [2.45, 2.75) is 115 Å². The molecule has 1 fully saturated rings. The van der Waals surface area contributed by atoms with E-state index in [9.17, 15) is 63.1 Å². The first-order valence-electron chi connectivity index (χ1n) is 25.5. The number of aliphatic carboxylic acids is 1. The van der Waals surface area contributed by atoms with E-state index in [1.54, 1.807) is 13.8 Å². The van der Waals surface area contributed by atoms with Gasteiger partial charge in [-0.25, -0.2) is 0 Å². The molecule has 0 bridgehead atoms. The van der Waals surface area contributed by atoms with Crippen LogP contribution in [0, 0.1) is 17.8 Å². The number of hydrogen-bond donors (Lipinski definition) is 12. The first-order chi connectivity index (χ1) is 36.3. The zero-order valence-corrected chi connectivity index (χ0v) is 45.8. The lowest BCUT2D eigenvalue weighted by molar-refractivity contribution is -0.143. The van der Waals surface area contributed by atoms with E-state index in [2.05, 4.69) is 31.9 Å². The Morgan fingerprint density at radius 3 is 1.60 bits per heavy atom. The van der Waals surface area contributed by atoms with E-state index in [1.165, 1.54) is 89.5 Å². The van der Waals surface area contributed by atoms with Crippen molar-refractivity contribution < 1.29 is 68.2 Å².